The summed E-state index contributed by atoms with van der Waals surface area (Å²) in [5, 5.41) is 11.4. The van der Waals surface area contributed by atoms with Crippen LogP contribution in [0.4, 0.5) is 5.69 Å². The summed E-state index contributed by atoms with van der Waals surface area (Å²) in [7, 11) is -0.862. The van der Waals surface area contributed by atoms with Gasteiger partial charge in [-0.3, -0.25) is 4.79 Å². The molecule has 11 heteroatoms. The van der Waals surface area contributed by atoms with Gasteiger partial charge in [-0.1, -0.05) is 34.7 Å². The molecule has 0 aliphatic rings. The van der Waals surface area contributed by atoms with Crippen LogP contribution in [0, 0.1) is 6.92 Å². The van der Waals surface area contributed by atoms with E-state index in [9.17, 15) is 13.2 Å². The lowest BCUT2D eigenvalue weighted by molar-refractivity contribution is -0.113. The van der Waals surface area contributed by atoms with E-state index in [1.165, 1.54) is 49.3 Å². The lowest BCUT2D eigenvalue weighted by atomic mass is 10.3. The Balaban J connectivity index is 2.08. The van der Waals surface area contributed by atoms with Gasteiger partial charge in [-0.15, -0.1) is 10.2 Å². The summed E-state index contributed by atoms with van der Waals surface area (Å²) >= 11 is 8.64. The Morgan fingerprint density at radius 1 is 1.38 bits per heavy atom. The zero-order valence-electron chi connectivity index (χ0n) is 13.1. The normalized spacial score (nSPS) is 11.7. The van der Waals surface area contributed by atoms with Crippen LogP contribution >= 0.6 is 34.7 Å². The Hall–Kier alpha value is -1.20. The molecule has 1 aromatic heterocycles. The molecule has 2 rings (SSSR count). The molecule has 0 spiro atoms. The molecule has 0 saturated heterocycles. The standard InChI is InChI=1S/C13H15ClN4O3S3/c1-8-16-17-13(23-8)22-7-12(19)15-9-4-5-10(14)11(6-9)24(20,21)18(2)3/h4-6H,7H2,1-3H3,(H,15,19). The summed E-state index contributed by atoms with van der Waals surface area (Å²) in [6.45, 7) is 1.84. The van der Waals surface area contributed by atoms with Crippen molar-refractivity contribution in [3.8, 4) is 0 Å². The summed E-state index contributed by atoms with van der Waals surface area (Å²) < 4.78 is 26.2. The largest absolute Gasteiger partial charge is 0.325 e. The van der Waals surface area contributed by atoms with Gasteiger partial charge in [0, 0.05) is 19.8 Å². The Morgan fingerprint density at radius 3 is 2.67 bits per heavy atom. The van der Waals surface area contributed by atoms with Crippen molar-refractivity contribution in [2.75, 3.05) is 25.2 Å². The van der Waals surface area contributed by atoms with Gasteiger partial charge in [0.15, 0.2) is 4.34 Å². The molecule has 0 aliphatic heterocycles. The van der Waals surface area contributed by atoms with E-state index < -0.39 is 10.0 Å². The van der Waals surface area contributed by atoms with Gasteiger partial charge in [0.2, 0.25) is 15.9 Å². The molecule has 0 fully saturated rings. The minimum absolute atomic E-state index is 0.0561. The highest BCUT2D eigenvalue weighted by Crippen LogP contribution is 2.27. The Morgan fingerprint density at radius 2 is 2.08 bits per heavy atom. The molecule has 1 heterocycles. The molecule has 1 aromatic carbocycles. The van der Waals surface area contributed by atoms with Crippen LogP contribution in [0.25, 0.3) is 0 Å². The molecule has 0 atom stereocenters. The SMILES string of the molecule is Cc1nnc(SCC(=O)Nc2ccc(Cl)c(S(=O)(=O)N(C)C)c2)s1. The van der Waals surface area contributed by atoms with Gasteiger partial charge >= 0.3 is 0 Å². The van der Waals surface area contributed by atoms with Crippen molar-refractivity contribution >= 4 is 56.3 Å². The number of nitrogens with one attached hydrogen (secondary N) is 1. The van der Waals surface area contributed by atoms with Gasteiger partial charge < -0.3 is 5.32 Å². The smallest absolute Gasteiger partial charge is 0.244 e. The van der Waals surface area contributed by atoms with Crippen molar-refractivity contribution < 1.29 is 13.2 Å². The van der Waals surface area contributed by atoms with Crippen molar-refractivity contribution in [1.82, 2.24) is 14.5 Å². The Kier molecular flexibility index (Phi) is 6.21. The number of sulfonamides is 1. The fraction of sp³-hybridized carbons (Fsp3) is 0.308. The molecule has 130 valence electrons. The average Bonchev–Trinajstić information content (AvgIpc) is 2.92. The third-order valence-corrected chi connectivity index (χ3v) is 7.08. The van der Waals surface area contributed by atoms with Crippen LogP contribution in [0.3, 0.4) is 0 Å². The molecule has 1 amide bonds. The maximum Gasteiger partial charge on any atom is 0.244 e. The van der Waals surface area contributed by atoms with Crippen molar-refractivity contribution in [3.05, 3.63) is 28.2 Å². The van der Waals surface area contributed by atoms with Gasteiger partial charge in [-0.25, -0.2) is 12.7 Å². The first kappa shape index (κ1) is 19.1. The van der Waals surface area contributed by atoms with Crippen molar-refractivity contribution in [1.29, 1.82) is 0 Å². The second-order valence-corrected chi connectivity index (χ2v) is 9.79. The first-order valence-electron chi connectivity index (χ1n) is 6.65. The highest BCUT2D eigenvalue weighted by molar-refractivity contribution is 8.01. The summed E-state index contributed by atoms with van der Waals surface area (Å²) in [6, 6.07) is 4.33. The Labute approximate surface area is 153 Å². The molecular weight excluding hydrogens is 392 g/mol. The van der Waals surface area contributed by atoms with Crippen LogP contribution in [0.5, 0.6) is 0 Å². The third-order valence-electron chi connectivity index (χ3n) is 2.81. The van der Waals surface area contributed by atoms with Crippen LogP contribution in [-0.2, 0) is 14.8 Å². The number of carbonyl (C=O) groups excluding carboxylic acids is 1. The van der Waals surface area contributed by atoms with Gasteiger partial charge in [0.1, 0.15) is 9.90 Å². The molecular formula is C13H15ClN4O3S3. The zero-order chi connectivity index (χ0) is 17.9. The first-order valence-corrected chi connectivity index (χ1v) is 10.3. The predicted octanol–water partition coefficient (Wildman–Crippen LogP) is 2.48. The average molecular weight is 407 g/mol. The number of nitrogens with zero attached hydrogens (tertiary/aromatic N) is 3. The van der Waals surface area contributed by atoms with E-state index in [-0.39, 0.29) is 21.6 Å². The van der Waals surface area contributed by atoms with E-state index in [1.54, 1.807) is 6.07 Å². The summed E-state index contributed by atoms with van der Waals surface area (Å²) in [5.41, 5.74) is 0.360. The fourth-order valence-electron chi connectivity index (χ4n) is 1.64. The van der Waals surface area contributed by atoms with Crippen LogP contribution in [-0.4, -0.2) is 48.7 Å². The van der Waals surface area contributed by atoms with Crippen molar-refractivity contribution in [2.45, 2.75) is 16.2 Å². The topological polar surface area (TPSA) is 92.3 Å². The van der Waals surface area contributed by atoms with Crippen molar-refractivity contribution in [3.63, 3.8) is 0 Å². The monoisotopic (exact) mass is 406 g/mol. The van der Waals surface area contributed by atoms with E-state index in [1.807, 2.05) is 6.92 Å². The summed E-state index contributed by atoms with van der Waals surface area (Å²) in [4.78, 5) is 11.9. The van der Waals surface area contributed by atoms with Crippen LogP contribution in [0.15, 0.2) is 27.4 Å². The quantitative estimate of drug-likeness (QED) is 0.741. The molecule has 0 unspecified atom stereocenters. The first-order chi connectivity index (χ1) is 11.2. The molecule has 7 nitrogen and oxygen atoms in total. The van der Waals surface area contributed by atoms with E-state index in [4.69, 9.17) is 11.6 Å². The van der Waals surface area contributed by atoms with Crippen LogP contribution in [0.2, 0.25) is 5.02 Å². The third kappa shape index (κ3) is 4.67. The van der Waals surface area contributed by atoms with Gasteiger partial charge in [0.25, 0.3) is 0 Å². The molecule has 0 radical (unpaired) electrons. The second-order valence-electron chi connectivity index (χ2n) is 4.86. The molecule has 24 heavy (non-hydrogen) atoms. The van der Waals surface area contributed by atoms with Gasteiger partial charge in [-0.05, 0) is 25.1 Å². The predicted molar refractivity (Wildman–Crippen MR) is 96.3 cm³/mol. The number of thioether (sulfide) groups is 1. The van der Waals surface area contributed by atoms with Gasteiger partial charge in [0.05, 0.1) is 10.8 Å². The number of rotatable bonds is 6. The zero-order valence-corrected chi connectivity index (χ0v) is 16.3. The van der Waals surface area contributed by atoms with Crippen LogP contribution < -0.4 is 5.32 Å². The van der Waals surface area contributed by atoms with Crippen molar-refractivity contribution in [2.24, 2.45) is 0 Å². The number of aromatic nitrogens is 2. The second kappa shape index (κ2) is 7.79. The number of aryl methyl sites for hydroxylation is 1. The number of benzene rings is 1. The molecule has 0 saturated carbocycles. The highest BCUT2D eigenvalue weighted by Gasteiger charge is 2.21. The minimum atomic E-state index is -3.69. The highest BCUT2D eigenvalue weighted by atomic mass is 35.5. The molecule has 0 bridgehead atoms. The lowest BCUT2D eigenvalue weighted by Gasteiger charge is -2.14. The van der Waals surface area contributed by atoms with E-state index in [2.05, 4.69) is 15.5 Å². The maximum absolute atomic E-state index is 12.2. The maximum atomic E-state index is 12.2. The fourth-order valence-corrected chi connectivity index (χ4v) is 4.65. The van der Waals surface area contributed by atoms with Gasteiger partial charge in [-0.2, -0.15) is 0 Å². The molecule has 2 aromatic rings. The van der Waals surface area contributed by atoms with Crippen LogP contribution in [0.1, 0.15) is 5.01 Å². The van der Waals surface area contributed by atoms with E-state index >= 15 is 0 Å². The summed E-state index contributed by atoms with van der Waals surface area (Å²) in [6.07, 6.45) is 0. The number of halogens is 1. The number of amides is 1. The number of anilines is 1. The van der Waals surface area contributed by atoms with E-state index in [0.717, 1.165) is 9.31 Å². The summed E-state index contributed by atoms with van der Waals surface area (Å²) in [5.74, 6) is -0.129. The van der Waals surface area contributed by atoms with E-state index in [0.29, 0.717) is 10.0 Å². The minimum Gasteiger partial charge on any atom is -0.325 e. The number of carbonyl (C=O) groups is 1. The number of hydrogen-bond acceptors (Lipinski definition) is 7. The molecule has 1 N–H and O–H groups in total. The number of hydrogen-bond donors (Lipinski definition) is 1. The Bertz CT molecular complexity index is 852. The molecule has 0 aliphatic carbocycles. The lowest BCUT2D eigenvalue weighted by Crippen LogP contribution is -2.23.